The lowest BCUT2D eigenvalue weighted by atomic mass is 10.2. The molecule has 0 spiro atoms. The van der Waals surface area contributed by atoms with Crippen molar-refractivity contribution in [1.29, 1.82) is 0 Å². The molecule has 2 rings (SSSR count). The van der Waals surface area contributed by atoms with E-state index in [9.17, 15) is 13.2 Å². The second-order valence-electron chi connectivity index (χ2n) is 6.32. The third-order valence-electron chi connectivity index (χ3n) is 4.10. The highest BCUT2D eigenvalue weighted by molar-refractivity contribution is 7.87. The fourth-order valence-corrected chi connectivity index (χ4v) is 4.41. The van der Waals surface area contributed by atoms with Crippen LogP contribution >= 0.6 is 11.6 Å². The van der Waals surface area contributed by atoms with Gasteiger partial charge < -0.3 is 19.1 Å². The van der Waals surface area contributed by atoms with Crippen molar-refractivity contribution in [2.45, 2.75) is 25.3 Å². The number of hydrogen-bond donors (Lipinski definition) is 1. The van der Waals surface area contributed by atoms with E-state index >= 15 is 0 Å². The van der Waals surface area contributed by atoms with Crippen molar-refractivity contribution in [3.05, 3.63) is 58.6 Å². The molecule has 0 aliphatic rings. The minimum Gasteiger partial charge on any atom is -0.383 e. The number of urea groups is 1. The number of ether oxygens (including phenoxy) is 1. The molecule has 2 aromatic rings. The van der Waals surface area contributed by atoms with Crippen molar-refractivity contribution in [2.24, 2.45) is 0 Å². The number of carbonyl (C=O) groups excluding carboxylic acids is 1. The minimum atomic E-state index is -4.07. The van der Waals surface area contributed by atoms with Gasteiger partial charge in [-0.15, -0.1) is 0 Å². The fraction of sp³-hybridized carbons (Fsp3) is 0.350. The van der Waals surface area contributed by atoms with Crippen LogP contribution < -0.4 is 9.50 Å². The normalized spacial score (nSPS) is 11.2. The van der Waals surface area contributed by atoms with Crippen LogP contribution in [-0.4, -0.2) is 46.2 Å². The van der Waals surface area contributed by atoms with Crippen LogP contribution in [0, 0.1) is 6.92 Å². The zero-order chi connectivity index (χ0) is 21.4. The van der Waals surface area contributed by atoms with E-state index in [1.165, 1.54) is 6.07 Å². The van der Waals surface area contributed by atoms with E-state index in [4.69, 9.17) is 20.5 Å². The SMILES string of the molecule is CCNC(=O)N(CCOC)Cc1ccc(OS(=O)(=O)c2c(C)cccc2Cl)cc1. The first-order valence-corrected chi connectivity index (χ1v) is 10.9. The van der Waals surface area contributed by atoms with Crippen molar-refractivity contribution < 1.29 is 22.1 Å². The molecule has 0 radical (unpaired) electrons. The van der Waals surface area contributed by atoms with Gasteiger partial charge in [-0.2, -0.15) is 8.42 Å². The van der Waals surface area contributed by atoms with Crippen molar-refractivity contribution in [3.8, 4) is 5.75 Å². The van der Waals surface area contributed by atoms with Crippen LogP contribution in [0.5, 0.6) is 5.75 Å². The molecule has 0 atom stereocenters. The molecule has 158 valence electrons. The Labute approximate surface area is 176 Å². The molecule has 29 heavy (non-hydrogen) atoms. The molecule has 9 heteroatoms. The summed E-state index contributed by atoms with van der Waals surface area (Å²) in [5.74, 6) is 0.162. The molecule has 1 N–H and O–H groups in total. The number of amides is 2. The molecule has 7 nitrogen and oxygen atoms in total. The van der Waals surface area contributed by atoms with Crippen molar-refractivity contribution >= 4 is 27.8 Å². The maximum absolute atomic E-state index is 12.6. The van der Waals surface area contributed by atoms with Crippen molar-refractivity contribution in [3.63, 3.8) is 0 Å². The molecule has 0 aliphatic heterocycles. The number of aryl methyl sites for hydroxylation is 1. The summed E-state index contributed by atoms with van der Waals surface area (Å²) in [6.07, 6.45) is 0. The van der Waals surface area contributed by atoms with E-state index in [1.54, 1.807) is 55.3 Å². The Hall–Kier alpha value is -2.29. The summed E-state index contributed by atoms with van der Waals surface area (Å²) in [6.45, 7) is 5.22. The number of nitrogens with one attached hydrogen (secondary N) is 1. The zero-order valence-corrected chi connectivity index (χ0v) is 18.2. The minimum absolute atomic E-state index is 0.0484. The highest BCUT2D eigenvalue weighted by atomic mass is 35.5. The van der Waals surface area contributed by atoms with E-state index < -0.39 is 10.1 Å². The predicted molar refractivity (Wildman–Crippen MR) is 112 cm³/mol. The molecule has 0 heterocycles. The third-order valence-corrected chi connectivity index (χ3v) is 5.98. The Morgan fingerprint density at radius 2 is 1.86 bits per heavy atom. The first kappa shape index (κ1) is 23.0. The van der Waals surface area contributed by atoms with Gasteiger partial charge in [0.2, 0.25) is 0 Å². The second-order valence-corrected chi connectivity index (χ2v) is 8.21. The highest BCUT2D eigenvalue weighted by Gasteiger charge is 2.23. The van der Waals surface area contributed by atoms with Crippen LogP contribution in [0.25, 0.3) is 0 Å². The van der Waals surface area contributed by atoms with E-state index in [2.05, 4.69) is 5.32 Å². The summed E-state index contributed by atoms with van der Waals surface area (Å²) in [6, 6.07) is 11.2. The summed E-state index contributed by atoms with van der Waals surface area (Å²) in [4.78, 5) is 13.7. The van der Waals surface area contributed by atoms with E-state index in [0.29, 0.717) is 31.8 Å². The van der Waals surface area contributed by atoms with Gasteiger partial charge in [-0.05, 0) is 43.2 Å². The molecule has 0 aromatic heterocycles. The van der Waals surface area contributed by atoms with Gasteiger partial charge >= 0.3 is 16.1 Å². The number of hydrogen-bond acceptors (Lipinski definition) is 5. The lowest BCUT2D eigenvalue weighted by Crippen LogP contribution is -2.41. The van der Waals surface area contributed by atoms with Crippen LogP contribution in [0.4, 0.5) is 4.79 Å². The first-order valence-electron chi connectivity index (χ1n) is 9.08. The predicted octanol–water partition coefficient (Wildman–Crippen LogP) is 3.59. The van der Waals surface area contributed by atoms with Crippen LogP contribution in [0.3, 0.4) is 0 Å². The number of halogens is 1. The second kappa shape index (κ2) is 10.5. The smallest absolute Gasteiger partial charge is 0.340 e. The lowest BCUT2D eigenvalue weighted by molar-refractivity contribution is 0.147. The van der Waals surface area contributed by atoms with Crippen LogP contribution in [-0.2, 0) is 21.4 Å². The van der Waals surface area contributed by atoms with Crippen LogP contribution in [0.1, 0.15) is 18.1 Å². The van der Waals surface area contributed by atoms with Crippen molar-refractivity contribution in [1.82, 2.24) is 10.2 Å². The summed E-state index contributed by atoms with van der Waals surface area (Å²) in [7, 11) is -2.49. The van der Waals surface area contributed by atoms with Gasteiger partial charge in [0.15, 0.2) is 0 Å². The average Bonchev–Trinajstić information content (AvgIpc) is 2.66. The Kier molecular flexibility index (Phi) is 8.31. The molecular formula is C20H25ClN2O5S. The summed E-state index contributed by atoms with van der Waals surface area (Å²) in [5.41, 5.74) is 1.33. The molecule has 0 unspecified atom stereocenters. The lowest BCUT2D eigenvalue weighted by Gasteiger charge is -2.22. The van der Waals surface area contributed by atoms with E-state index in [0.717, 1.165) is 5.56 Å². The van der Waals surface area contributed by atoms with Gasteiger partial charge in [0.25, 0.3) is 0 Å². The Balaban J connectivity index is 2.14. The van der Waals surface area contributed by atoms with Gasteiger partial charge in [-0.3, -0.25) is 0 Å². The molecule has 0 aliphatic carbocycles. The van der Waals surface area contributed by atoms with E-state index in [-0.39, 0.29) is 21.7 Å². The van der Waals surface area contributed by atoms with Gasteiger partial charge in [-0.25, -0.2) is 4.79 Å². The molecule has 2 aromatic carbocycles. The molecule has 0 saturated heterocycles. The topological polar surface area (TPSA) is 84.9 Å². The summed E-state index contributed by atoms with van der Waals surface area (Å²) >= 11 is 6.05. The third kappa shape index (κ3) is 6.35. The Morgan fingerprint density at radius 3 is 2.45 bits per heavy atom. The van der Waals surface area contributed by atoms with E-state index in [1.807, 2.05) is 6.92 Å². The maximum Gasteiger partial charge on any atom is 0.340 e. The van der Waals surface area contributed by atoms with Gasteiger partial charge in [0.1, 0.15) is 10.6 Å². The largest absolute Gasteiger partial charge is 0.383 e. The number of nitrogens with zero attached hydrogens (tertiary/aromatic N) is 1. The number of benzene rings is 2. The van der Waals surface area contributed by atoms with Crippen LogP contribution in [0.2, 0.25) is 5.02 Å². The molecule has 0 saturated carbocycles. The van der Waals surface area contributed by atoms with Gasteiger partial charge in [-0.1, -0.05) is 35.9 Å². The number of carbonyl (C=O) groups is 1. The zero-order valence-electron chi connectivity index (χ0n) is 16.6. The monoisotopic (exact) mass is 440 g/mol. The average molecular weight is 441 g/mol. The van der Waals surface area contributed by atoms with Crippen LogP contribution in [0.15, 0.2) is 47.4 Å². The van der Waals surface area contributed by atoms with Crippen molar-refractivity contribution in [2.75, 3.05) is 26.8 Å². The maximum atomic E-state index is 12.6. The molecule has 0 fully saturated rings. The first-order chi connectivity index (χ1) is 13.8. The van der Waals surface area contributed by atoms with Gasteiger partial charge in [0.05, 0.1) is 11.6 Å². The fourth-order valence-electron chi connectivity index (χ4n) is 2.69. The standard InChI is InChI=1S/C20H25ClN2O5S/c1-4-22-20(24)23(12-13-27-3)14-16-8-10-17(11-9-16)28-29(25,26)19-15(2)6-5-7-18(19)21/h5-11H,4,12-14H2,1-3H3,(H,22,24). The summed E-state index contributed by atoms with van der Waals surface area (Å²) < 4.78 is 35.5. The molecule has 2 amide bonds. The Bertz CT molecular complexity index is 912. The Morgan fingerprint density at radius 1 is 1.17 bits per heavy atom. The molecular weight excluding hydrogens is 416 g/mol. The number of methoxy groups -OCH3 is 1. The quantitative estimate of drug-likeness (QED) is 0.602. The number of rotatable bonds is 9. The highest BCUT2D eigenvalue weighted by Crippen LogP contribution is 2.28. The van der Waals surface area contributed by atoms with Gasteiger partial charge in [0, 0.05) is 26.7 Å². The summed E-state index contributed by atoms with van der Waals surface area (Å²) in [5, 5.41) is 2.87. The molecule has 0 bridgehead atoms.